The van der Waals surface area contributed by atoms with E-state index >= 15 is 0 Å². The lowest BCUT2D eigenvalue weighted by atomic mass is 10.1. The number of benzene rings is 1. The summed E-state index contributed by atoms with van der Waals surface area (Å²) in [6.07, 6.45) is -0.0649. The predicted molar refractivity (Wildman–Crippen MR) is 81.5 cm³/mol. The van der Waals surface area contributed by atoms with Crippen molar-refractivity contribution in [3.8, 4) is 11.3 Å². The van der Waals surface area contributed by atoms with Gasteiger partial charge in [-0.05, 0) is 19.1 Å². The molecule has 2 aromatic rings. The van der Waals surface area contributed by atoms with Gasteiger partial charge in [-0.3, -0.25) is 0 Å². The molecule has 5 heteroatoms. The second-order valence-corrected chi connectivity index (χ2v) is 5.65. The van der Waals surface area contributed by atoms with Gasteiger partial charge < -0.3 is 10.1 Å². The summed E-state index contributed by atoms with van der Waals surface area (Å²) in [6.45, 7) is 4.34. The lowest BCUT2D eigenvalue weighted by Gasteiger charge is -2.23. The summed E-state index contributed by atoms with van der Waals surface area (Å²) in [4.78, 5) is 9.20. The number of morpholine rings is 1. The largest absolute Gasteiger partial charge is 0.368 e. The first-order valence-electron chi connectivity index (χ1n) is 6.67. The average Bonchev–Trinajstić information content (AvgIpc) is 2.48. The first-order valence-corrected chi connectivity index (χ1v) is 7.46. The highest BCUT2D eigenvalue weighted by Crippen LogP contribution is 2.28. The molecule has 0 spiro atoms. The van der Waals surface area contributed by atoms with Crippen molar-refractivity contribution in [1.29, 1.82) is 0 Å². The Bertz CT molecular complexity index is 612. The van der Waals surface area contributed by atoms with Crippen molar-refractivity contribution in [2.24, 2.45) is 0 Å². The summed E-state index contributed by atoms with van der Waals surface area (Å²) in [6, 6.07) is 10.1. The Morgan fingerprint density at radius 1 is 1.30 bits per heavy atom. The molecule has 1 aromatic heterocycles. The molecule has 1 aliphatic rings. The molecule has 1 saturated heterocycles. The fourth-order valence-corrected chi connectivity index (χ4v) is 2.76. The average molecular weight is 334 g/mol. The molecule has 1 aromatic carbocycles. The molecule has 1 N–H and O–H groups in total. The number of nitrogens with zero attached hydrogens (tertiary/aromatic N) is 2. The Labute approximate surface area is 126 Å². The highest BCUT2D eigenvalue weighted by molar-refractivity contribution is 9.10. The minimum atomic E-state index is -0.0649. The Morgan fingerprint density at radius 2 is 2.15 bits per heavy atom. The van der Waals surface area contributed by atoms with Crippen molar-refractivity contribution in [2.75, 3.05) is 19.7 Å². The molecule has 0 radical (unpaired) electrons. The van der Waals surface area contributed by atoms with Gasteiger partial charge in [0.2, 0.25) is 0 Å². The number of aryl methyl sites for hydroxylation is 1. The molecule has 20 heavy (non-hydrogen) atoms. The molecule has 1 fully saturated rings. The molecule has 0 aliphatic carbocycles. The number of rotatable bonds is 2. The van der Waals surface area contributed by atoms with Gasteiger partial charge in [-0.15, -0.1) is 0 Å². The van der Waals surface area contributed by atoms with Crippen molar-refractivity contribution >= 4 is 15.9 Å². The molecule has 1 unspecified atom stereocenters. The third kappa shape index (κ3) is 2.90. The molecular weight excluding hydrogens is 318 g/mol. The molecule has 4 nitrogen and oxygen atoms in total. The minimum absolute atomic E-state index is 0.0649. The Hall–Kier alpha value is -1.30. The van der Waals surface area contributed by atoms with Crippen molar-refractivity contribution in [2.45, 2.75) is 13.0 Å². The van der Waals surface area contributed by atoms with Crippen LogP contribution in [0.2, 0.25) is 0 Å². The van der Waals surface area contributed by atoms with E-state index in [9.17, 15) is 0 Å². The molecule has 0 amide bonds. The van der Waals surface area contributed by atoms with Crippen LogP contribution >= 0.6 is 15.9 Å². The van der Waals surface area contributed by atoms with Gasteiger partial charge in [-0.2, -0.15) is 0 Å². The summed E-state index contributed by atoms with van der Waals surface area (Å²) in [5.41, 5.74) is 2.95. The van der Waals surface area contributed by atoms with E-state index in [-0.39, 0.29) is 6.10 Å². The molecule has 1 atom stereocenters. The molecule has 0 saturated carbocycles. The van der Waals surface area contributed by atoms with E-state index in [2.05, 4.69) is 37.3 Å². The van der Waals surface area contributed by atoms with Gasteiger partial charge >= 0.3 is 0 Å². The zero-order valence-corrected chi connectivity index (χ0v) is 12.9. The number of hydrogen-bond donors (Lipinski definition) is 1. The lowest BCUT2D eigenvalue weighted by Crippen LogP contribution is -2.34. The normalized spacial score (nSPS) is 19.0. The molecule has 3 rings (SSSR count). The minimum Gasteiger partial charge on any atom is -0.368 e. The van der Waals surface area contributed by atoms with Crippen molar-refractivity contribution in [3.63, 3.8) is 0 Å². The van der Waals surface area contributed by atoms with E-state index in [1.807, 2.05) is 31.2 Å². The number of ether oxygens (including phenoxy) is 1. The van der Waals surface area contributed by atoms with Crippen LogP contribution in [-0.4, -0.2) is 29.7 Å². The summed E-state index contributed by atoms with van der Waals surface area (Å²) < 4.78 is 6.77. The van der Waals surface area contributed by atoms with E-state index in [4.69, 9.17) is 4.74 Å². The van der Waals surface area contributed by atoms with Crippen LogP contribution in [0, 0.1) is 6.92 Å². The van der Waals surface area contributed by atoms with Gasteiger partial charge in [0.15, 0.2) is 5.82 Å². The van der Waals surface area contributed by atoms with E-state index in [0.29, 0.717) is 6.61 Å². The van der Waals surface area contributed by atoms with E-state index in [1.54, 1.807) is 0 Å². The highest BCUT2D eigenvalue weighted by atomic mass is 79.9. The predicted octanol–water partition coefficient (Wildman–Crippen LogP) is 2.88. The van der Waals surface area contributed by atoms with Crippen LogP contribution in [0.1, 0.15) is 17.6 Å². The van der Waals surface area contributed by atoms with Gasteiger partial charge in [-0.1, -0.05) is 34.1 Å². The number of nitrogens with one attached hydrogen (secondary N) is 1. The highest BCUT2D eigenvalue weighted by Gasteiger charge is 2.20. The van der Waals surface area contributed by atoms with Gasteiger partial charge in [0.05, 0.1) is 12.3 Å². The van der Waals surface area contributed by atoms with Crippen LogP contribution in [0.5, 0.6) is 0 Å². The second-order valence-electron chi connectivity index (χ2n) is 4.80. The Balaban J connectivity index is 2.00. The summed E-state index contributed by atoms with van der Waals surface area (Å²) in [7, 11) is 0. The smallest absolute Gasteiger partial charge is 0.159 e. The molecule has 104 valence electrons. The van der Waals surface area contributed by atoms with Crippen LogP contribution in [0.15, 0.2) is 34.8 Å². The van der Waals surface area contributed by atoms with Gasteiger partial charge in [0, 0.05) is 28.8 Å². The third-order valence-electron chi connectivity index (χ3n) is 3.24. The maximum atomic E-state index is 5.74. The van der Waals surface area contributed by atoms with Gasteiger partial charge in [-0.25, -0.2) is 9.97 Å². The molecule has 0 bridgehead atoms. The van der Waals surface area contributed by atoms with Crippen molar-refractivity contribution < 1.29 is 4.74 Å². The van der Waals surface area contributed by atoms with Gasteiger partial charge in [0.1, 0.15) is 6.10 Å². The van der Waals surface area contributed by atoms with Crippen molar-refractivity contribution in [3.05, 3.63) is 46.3 Å². The van der Waals surface area contributed by atoms with E-state index in [0.717, 1.165) is 40.3 Å². The fraction of sp³-hybridized carbons (Fsp3) is 0.333. The van der Waals surface area contributed by atoms with Crippen LogP contribution in [-0.2, 0) is 4.74 Å². The van der Waals surface area contributed by atoms with Crippen LogP contribution in [0.4, 0.5) is 0 Å². The van der Waals surface area contributed by atoms with Gasteiger partial charge in [0.25, 0.3) is 0 Å². The monoisotopic (exact) mass is 333 g/mol. The van der Waals surface area contributed by atoms with Crippen LogP contribution < -0.4 is 5.32 Å². The third-order valence-corrected chi connectivity index (χ3v) is 3.93. The molecule has 1 aliphatic heterocycles. The first-order chi connectivity index (χ1) is 9.74. The number of hydrogen-bond acceptors (Lipinski definition) is 4. The van der Waals surface area contributed by atoms with E-state index < -0.39 is 0 Å². The van der Waals surface area contributed by atoms with Crippen LogP contribution in [0.25, 0.3) is 11.3 Å². The quantitative estimate of drug-likeness (QED) is 0.917. The lowest BCUT2D eigenvalue weighted by molar-refractivity contribution is 0.0221. The molecule has 2 heterocycles. The standard InChI is InChI=1S/C15H16BrN3O/c1-10-8-13(11-4-2-3-5-12(11)16)19-15(18-10)14-9-17-6-7-20-14/h2-5,8,14,17H,6-7,9H2,1H3. The second kappa shape index (κ2) is 5.99. The van der Waals surface area contributed by atoms with E-state index in [1.165, 1.54) is 0 Å². The Kier molecular flexibility index (Phi) is 4.10. The SMILES string of the molecule is Cc1cc(-c2ccccc2Br)nc(C2CNCCO2)n1. The van der Waals surface area contributed by atoms with Crippen molar-refractivity contribution in [1.82, 2.24) is 15.3 Å². The number of aromatic nitrogens is 2. The van der Waals surface area contributed by atoms with Crippen LogP contribution in [0.3, 0.4) is 0 Å². The first kappa shape index (κ1) is 13.7. The topological polar surface area (TPSA) is 47.0 Å². The summed E-state index contributed by atoms with van der Waals surface area (Å²) in [5.74, 6) is 0.753. The maximum Gasteiger partial charge on any atom is 0.159 e. The Morgan fingerprint density at radius 3 is 2.90 bits per heavy atom. The molecular formula is C15H16BrN3O. The summed E-state index contributed by atoms with van der Waals surface area (Å²) >= 11 is 3.57. The maximum absolute atomic E-state index is 5.74. The zero-order chi connectivity index (χ0) is 13.9. The summed E-state index contributed by atoms with van der Waals surface area (Å²) in [5, 5.41) is 3.31. The number of halogens is 1. The fourth-order valence-electron chi connectivity index (χ4n) is 2.27. The zero-order valence-electron chi connectivity index (χ0n) is 11.3.